The quantitative estimate of drug-likeness (QED) is 0.194. The lowest BCUT2D eigenvalue weighted by atomic mass is 9.67. The Hall–Kier alpha value is -4.97. The van der Waals surface area contributed by atoms with E-state index in [-0.39, 0.29) is 4.90 Å². The summed E-state index contributed by atoms with van der Waals surface area (Å²) in [6, 6.07) is 47.5. The number of para-hydroxylation sites is 1. The Morgan fingerprint density at radius 3 is 1.89 bits per heavy atom. The normalized spacial score (nSPS) is 13.8. The average molecular weight is 632 g/mol. The molecule has 222 valence electrons. The molecule has 2 aromatic heterocycles. The lowest BCUT2D eigenvalue weighted by Crippen LogP contribution is -2.28. The van der Waals surface area contributed by atoms with Gasteiger partial charge in [-0.25, -0.2) is 12.4 Å². The Balaban J connectivity index is 1.46. The fraction of sp³-hybridized carbons (Fsp3) is 0.0732. The van der Waals surface area contributed by atoms with Crippen molar-refractivity contribution in [2.45, 2.75) is 24.2 Å². The molecule has 46 heavy (non-hydrogen) atoms. The van der Waals surface area contributed by atoms with Crippen LogP contribution in [0.3, 0.4) is 0 Å². The van der Waals surface area contributed by atoms with Crippen molar-refractivity contribution < 1.29 is 8.42 Å². The Labute approximate surface area is 272 Å². The fourth-order valence-corrected chi connectivity index (χ4v) is 10.4. The SMILES string of the molecule is Cc1ccc(C2(c3ccc(C)cc3)c3ccccc3-c3sc4cc5c6ccccc6n(S(=O)(=O)c6ccccc6)c5cc4c32)cc1. The van der Waals surface area contributed by atoms with E-state index < -0.39 is 15.4 Å². The molecule has 0 atom stereocenters. The summed E-state index contributed by atoms with van der Waals surface area (Å²) in [6.45, 7) is 4.25. The Morgan fingerprint density at radius 1 is 0.587 bits per heavy atom. The van der Waals surface area contributed by atoms with Crippen molar-refractivity contribution in [1.82, 2.24) is 3.97 Å². The predicted molar refractivity (Wildman–Crippen MR) is 191 cm³/mol. The van der Waals surface area contributed by atoms with Crippen LogP contribution in [-0.4, -0.2) is 12.4 Å². The number of aryl methyl sites for hydroxylation is 2. The van der Waals surface area contributed by atoms with Crippen LogP contribution < -0.4 is 0 Å². The van der Waals surface area contributed by atoms with E-state index in [0.29, 0.717) is 11.0 Å². The summed E-state index contributed by atoms with van der Waals surface area (Å²) >= 11 is 1.80. The van der Waals surface area contributed by atoms with Gasteiger partial charge in [-0.15, -0.1) is 11.3 Å². The topological polar surface area (TPSA) is 39.1 Å². The minimum absolute atomic E-state index is 0.273. The van der Waals surface area contributed by atoms with Gasteiger partial charge in [0.25, 0.3) is 10.0 Å². The van der Waals surface area contributed by atoms with E-state index in [1.54, 1.807) is 39.6 Å². The van der Waals surface area contributed by atoms with E-state index in [9.17, 15) is 8.42 Å². The highest BCUT2D eigenvalue weighted by molar-refractivity contribution is 7.90. The highest BCUT2D eigenvalue weighted by atomic mass is 32.2. The van der Waals surface area contributed by atoms with Crippen LogP contribution in [0.1, 0.15) is 33.4 Å². The van der Waals surface area contributed by atoms with E-state index in [0.717, 1.165) is 20.9 Å². The van der Waals surface area contributed by atoms with E-state index in [1.165, 1.54) is 43.8 Å². The minimum Gasteiger partial charge on any atom is -0.233 e. The van der Waals surface area contributed by atoms with Gasteiger partial charge in [-0.05, 0) is 72.0 Å². The second-order valence-electron chi connectivity index (χ2n) is 12.3. The summed E-state index contributed by atoms with van der Waals surface area (Å²) in [5.74, 6) is 0. The van der Waals surface area contributed by atoms with Crippen molar-refractivity contribution in [1.29, 1.82) is 0 Å². The Kier molecular flexibility index (Phi) is 5.80. The molecule has 0 amide bonds. The molecule has 0 bridgehead atoms. The van der Waals surface area contributed by atoms with Crippen molar-refractivity contribution in [2.24, 2.45) is 0 Å². The smallest absolute Gasteiger partial charge is 0.233 e. The van der Waals surface area contributed by atoms with Gasteiger partial charge < -0.3 is 0 Å². The van der Waals surface area contributed by atoms with E-state index in [1.807, 2.05) is 30.3 Å². The maximum absolute atomic E-state index is 14.4. The zero-order valence-electron chi connectivity index (χ0n) is 25.4. The molecule has 2 heterocycles. The number of benzene rings is 6. The summed E-state index contributed by atoms with van der Waals surface area (Å²) in [6.07, 6.45) is 0. The lowest BCUT2D eigenvalue weighted by Gasteiger charge is -2.34. The van der Waals surface area contributed by atoms with Gasteiger partial charge >= 0.3 is 0 Å². The molecule has 0 spiro atoms. The van der Waals surface area contributed by atoms with Crippen LogP contribution >= 0.6 is 11.3 Å². The van der Waals surface area contributed by atoms with Gasteiger partial charge in [0.2, 0.25) is 0 Å². The van der Waals surface area contributed by atoms with Gasteiger partial charge in [0, 0.05) is 25.7 Å². The van der Waals surface area contributed by atoms with E-state index in [4.69, 9.17) is 0 Å². The van der Waals surface area contributed by atoms with Crippen LogP contribution in [0.15, 0.2) is 144 Å². The fourth-order valence-electron chi connectivity index (χ4n) is 7.56. The lowest BCUT2D eigenvalue weighted by molar-refractivity contribution is 0.590. The molecule has 1 aliphatic carbocycles. The minimum atomic E-state index is -3.89. The molecular weight excluding hydrogens is 603 g/mol. The molecule has 9 rings (SSSR count). The molecule has 0 saturated heterocycles. The molecule has 0 N–H and O–H groups in total. The molecular formula is C41H29NO2S2. The van der Waals surface area contributed by atoms with E-state index >= 15 is 0 Å². The molecule has 0 saturated carbocycles. The number of hydrogen-bond donors (Lipinski definition) is 0. The van der Waals surface area contributed by atoms with Crippen LogP contribution in [-0.2, 0) is 15.4 Å². The molecule has 1 aliphatic rings. The van der Waals surface area contributed by atoms with Crippen molar-refractivity contribution >= 4 is 53.3 Å². The third kappa shape index (κ3) is 3.61. The van der Waals surface area contributed by atoms with Gasteiger partial charge in [0.1, 0.15) is 0 Å². The number of fused-ring (bicyclic) bond motifs is 8. The zero-order chi connectivity index (χ0) is 31.2. The first kappa shape index (κ1) is 27.3. The van der Waals surface area contributed by atoms with Crippen molar-refractivity contribution in [3.05, 3.63) is 173 Å². The summed E-state index contributed by atoms with van der Waals surface area (Å²) in [4.78, 5) is 1.51. The third-order valence-corrected chi connectivity index (χ3v) is 12.6. The maximum atomic E-state index is 14.4. The molecule has 0 aliphatic heterocycles. The first-order chi connectivity index (χ1) is 22.4. The second kappa shape index (κ2) is 9.76. The number of rotatable bonds is 4. The molecule has 8 aromatic rings. The Morgan fingerprint density at radius 2 is 1.20 bits per heavy atom. The van der Waals surface area contributed by atoms with E-state index in [2.05, 4.69) is 98.8 Å². The number of hydrogen-bond acceptors (Lipinski definition) is 3. The molecule has 0 radical (unpaired) electrons. The number of nitrogens with zero attached hydrogens (tertiary/aromatic N) is 1. The highest BCUT2D eigenvalue weighted by Gasteiger charge is 2.48. The first-order valence-corrected chi connectivity index (χ1v) is 17.7. The van der Waals surface area contributed by atoms with Crippen LogP contribution in [0.4, 0.5) is 0 Å². The third-order valence-electron chi connectivity index (χ3n) is 9.64. The van der Waals surface area contributed by atoms with Gasteiger partial charge in [0.15, 0.2) is 0 Å². The van der Waals surface area contributed by atoms with Crippen molar-refractivity contribution in [2.75, 3.05) is 0 Å². The molecule has 6 aromatic carbocycles. The molecule has 3 nitrogen and oxygen atoms in total. The van der Waals surface area contributed by atoms with Gasteiger partial charge in [-0.1, -0.05) is 120 Å². The van der Waals surface area contributed by atoms with Crippen molar-refractivity contribution in [3.63, 3.8) is 0 Å². The zero-order valence-corrected chi connectivity index (χ0v) is 27.0. The maximum Gasteiger partial charge on any atom is 0.268 e. The first-order valence-electron chi connectivity index (χ1n) is 15.4. The largest absolute Gasteiger partial charge is 0.268 e. The van der Waals surface area contributed by atoms with Gasteiger partial charge in [-0.3, -0.25) is 0 Å². The summed E-state index contributed by atoms with van der Waals surface area (Å²) < 4.78 is 31.5. The van der Waals surface area contributed by atoms with Crippen LogP contribution in [0.2, 0.25) is 0 Å². The predicted octanol–water partition coefficient (Wildman–Crippen LogP) is 10.2. The van der Waals surface area contributed by atoms with Gasteiger partial charge in [-0.2, -0.15) is 0 Å². The van der Waals surface area contributed by atoms with Crippen molar-refractivity contribution in [3.8, 4) is 10.4 Å². The average Bonchev–Trinajstić information content (AvgIpc) is 3.71. The standard InChI is InChI=1S/C41H29NO2S2/c1-26-16-20-28(21-17-26)41(29-22-18-27(2)19-23-29)35-14-8-6-13-32(35)40-39(41)34-24-37-33(25-38(34)45-40)31-12-7-9-15-36(31)42(37)46(43,44)30-10-4-3-5-11-30/h3-25H,1-2H3. The number of aromatic nitrogens is 1. The van der Waals surface area contributed by atoms with Crippen LogP contribution in [0.25, 0.3) is 42.3 Å². The molecule has 0 unspecified atom stereocenters. The molecule has 5 heteroatoms. The van der Waals surface area contributed by atoms with Gasteiger partial charge in [0.05, 0.1) is 21.3 Å². The molecule has 0 fully saturated rings. The summed E-state index contributed by atoms with van der Waals surface area (Å²) in [5, 5.41) is 2.94. The summed E-state index contributed by atoms with van der Waals surface area (Å²) in [7, 11) is -3.89. The monoisotopic (exact) mass is 631 g/mol. The highest BCUT2D eigenvalue weighted by Crippen LogP contribution is 2.61. The van der Waals surface area contributed by atoms with Crippen LogP contribution in [0.5, 0.6) is 0 Å². The Bertz CT molecular complexity index is 2550. The summed E-state index contributed by atoms with van der Waals surface area (Å²) in [5.41, 5.74) is 9.32. The van der Waals surface area contributed by atoms with Crippen LogP contribution in [0, 0.1) is 13.8 Å². The number of thiophene rings is 1. The second-order valence-corrected chi connectivity index (χ2v) is 15.1.